The minimum absolute atomic E-state index is 0.0918. The fourth-order valence-corrected chi connectivity index (χ4v) is 4.23. The Kier molecular flexibility index (Phi) is 4.47. The Morgan fingerprint density at radius 3 is 2.40 bits per heavy atom. The van der Waals surface area contributed by atoms with Gasteiger partial charge in [0.25, 0.3) is 0 Å². The molecular formula is C19H20N2O3S. The molecule has 5 nitrogen and oxygen atoms in total. The Morgan fingerprint density at radius 1 is 0.960 bits per heavy atom. The molecule has 0 atom stereocenters. The van der Waals surface area contributed by atoms with Gasteiger partial charge in [0.2, 0.25) is 11.7 Å². The summed E-state index contributed by atoms with van der Waals surface area (Å²) in [7, 11) is -3.56. The zero-order chi connectivity index (χ0) is 18.2. The van der Waals surface area contributed by atoms with E-state index in [1.807, 2.05) is 51.1 Å². The van der Waals surface area contributed by atoms with Gasteiger partial charge in [0.15, 0.2) is 9.84 Å². The third kappa shape index (κ3) is 3.64. The predicted octanol–water partition coefficient (Wildman–Crippen LogP) is 3.94. The summed E-state index contributed by atoms with van der Waals surface area (Å²) in [5, 5.41) is 3.91. The van der Waals surface area contributed by atoms with E-state index < -0.39 is 9.84 Å². The van der Waals surface area contributed by atoms with Gasteiger partial charge in [-0.3, -0.25) is 0 Å². The SMILES string of the molecule is Cc1cccc(-c2noc(CS(=O)(=O)c3cc(C)c(C)cc3C)n2)c1. The molecule has 0 amide bonds. The topological polar surface area (TPSA) is 73.1 Å². The summed E-state index contributed by atoms with van der Waals surface area (Å²) in [6.45, 7) is 7.63. The molecular weight excluding hydrogens is 336 g/mol. The maximum Gasteiger partial charge on any atom is 0.242 e. The Hall–Kier alpha value is -2.47. The molecule has 6 heteroatoms. The smallest absolute Gasteiger partial charge is 0.242 e. The molecule has 0 aliphatic heterocycles. The highest BCUT2D eigenvalue weighted by atomic mass is 32.2. The summed E-state index contributed by atoms with van der Waals surface area (Å²) in [5.74, 6) is 0.176. The van der Waals surface area contributed by atoms with Crippen molar-refractivity contribution in [2.75, 3.05) is 0 Å². The fraction of sp³-hybridized carbons (Fsp3) is 0.263. The van der Waals surface area contributed by atoms with Crippen LogP contribution >= 0.6 is 0 Å². The standard InChI is InChI=1S/C19H20N2O3S/c1-12-6-5-7-16(8-12)19-20-18(24-21-19)11-25(22,23)17-10-14(3)13(2)9-15(17)4/h5-10H,11H2,1-4H3. The van der Waals surface area contributed by atoms with Crippen LogP contribution in [0.4, 0.5) is 0 Å². The largest absolute Gasteiger partial charge is 0.338 e. The van der Waals surface area contributed by atoms with Crippen LogP contribution in [0.1, 0.15) is 28.1 Å². The van der Waals surface area contributed by atoms with Gasteiger partial charge in [0.1, 0.15) is 5.75 Å². The van der Waals surface area contributed by atoms with Gasteiger partial charge in [-0.15, -0.1) is 0 Å². The Balaban J connectivity index is 1.91. The van der Waals surface area contributed by atoms with Crippen molar-refractivity contribution in [1.29, 1.82) is 0 Å². The second-order valence-electron chi connectivity index (χ2n) is 6.34. The molecule has 3 rings (SSSR count). The molecule has 0 aliphatic rings. The molecule has 2 aromatic carbocycles. The van der Waals surface area contributed by atoms with Crippen molar-refractivity contribution in [3.05, 3.63) is 64.5 Å². The maximum atomic E-state index is 12.8. The first-order chi connectivity index (χ1) is 11.8. The van der Waals surface area contributed by atoms with Crippen LogP contribution in [0, 0.1) is 27.7 Å². The predicted molar refractivity (Wildman–Crippen MR) is 96.0 cm³/mol. The minimum Gasteiger partial charge on any atom is -0.338 e. The first-order valence-corrected chi connectivity index (χ1v) is 9.62. The third-order valence-electron chi connectivity index (χ3n) is 4.18. The number of nitrogens with zero attached hydrogens (tertiary/aromatic N) is 2. The van der Waals surface area contributed by atoms with Gasteiger partial charge < -0.3 is 4.52 Å². The number of aryl methyl sites for hydroxylation is 4. The lowest BCUT2D eigenvalue weighted by molar-refractivity contribution is 0.389. The summed E-state index contributed by atoms with van der Waals surface area (Å²) >= 11 is 0. The number of rotatable bonds is 4. The molecule has 0 radical (unpaired) electrons. The number of aromatic nitrogens is 2. The maximum absolute atomic E-state index is 12.8. The zero-order valence-corrected chi connectivity index (χ0v) is 15.5. The van der Waals surface area contributed by atoms with E-state index in [0.29, 0.717) is 10.7 Å². The summed E-state index contributed by atoms with van der Waals surface area (Å²) in [6, 6.07) is 11.2. The average molecular weight is 356 g/mol. The number of hydrogen-bond donors (Lipinski definition) is 0. The Labute approximate surface area is 147 Å². The molecule has 0 N–H and O–H groups in total. The Bertz CT molecular complexity index is 1040. The third-order valence-corrected chi connectivity index (χ3v) is 5.92. The van der Waals surface area contributed by atoms with Gasteiger partial charge in [-0.05, 0) is 56.5 Å². The van der Waals surface area contributed by atoms with Crippen LogP contribution in [0.5, 0.6) is 0 Å². The van der Waals surface area contributed by atoms with Gasteiger partial charge in [0.05, 0.1) is 4.90 Å². The van der Waals surface area contributed by atoms with E-state index >= 15 is 0 Å². The lowest BCUT2D eigenvalue weighted by atomic mass is 10.1. The van der Waals surface area contributed by atoms with Crippen molar-refractivity contribution in [3.8, 4) is 11.4 Å². The van der Waals surface area contributed by atoms with Gasteiger partial charge in [-0.1, -0.05) is 35.0 Å². The van der Waals surface area contributed by atoms with Crippen molar-refractivity contribution in [2.45, 2.75) is 38.3 Å². The lowest BCUT2D eigenvalue weighted by Gasteiger charge is -2.09. The van der Waals surface area contributed by atoms with Crippen LogP contribution in [0.2, 0.25) is 0 Å². The summed E-state index contributed by atoms with van der Waals surface area (Å²) in [6.07, 6.45) is 0. The van der Waals surface area contributed by atoms with Crippen molar-refractivity contribution in [3.63, 3.8) is 0 Å². The molecule has 0 spiro atoms. The van der Waals surface area contributed by atoms with E-state index in [1.54, 1.807) is 13.0 Å². The van der Waals surface area contributed by atoms with Crippen LogP contribution < -0.4 is 0 Å². The van der Waals surface area contributed by atoms with Crippen LogP contribution in [-0.4, -0.2) is 18.6 Å². The van der Waals surface area contributed by atoms with Gasteiger partial charge in [-0.2, -0.15) is 4.98 Å². The molecule has 1 heterocycles. The van der Waals surface area contributed by atoms with Crippen molar-refractivity contribution >= 4 is 9.84 Å². The first kappa shape index (κ1) is 17.4. The second kappa shape index (κ2) is 6.44. The number of hydrogen-bond acceptors (Lipinski definition) is 5. The van der Waals surface area contributed by atoms with E-state index in [4.69, 9.17) is 4.52 Å². The molecule has 0 fully saturated rings. The monoisotopic (exact) mass is 356 g/mol. The molecule has 25 heavy (non-hydrogen) atoms. The van der Waals surface area contributed by atoms with E-state index in [2.05, 4.69) is 10.1 Å². The molecule has 0 bridgehead atoms. The molecule has 1 aromatic heterocycles. The van der Waals surface area contributed by atoms with Gasteiger partial charge >= 0.3 is 0 Å². The number of sulfone groups is 1. The van der Waals surface area contributed by atoms with Crippen LogP contribution in [-0.2, 0) is 15.6 Å². The van der Waals surface area contributed by atoms with E-state index in [-0.39, 0.29) is 11.6 Å². The summed E-state index contributed by atoms with van der Waals surface area (Å²) in [4.78, 5) is 4.56. The molecule has 130 valence electrons. The average Bonchev–Trinajstić information content (AvgIpc) is 2.98. The first-order valence-electron chi connectivity index (χ1n) is 7.96. The molecule has 0 unspecified atom stereocenters. The molecule has 3 aromatic rings. The van der Waals surface area contributed by atoms with Gasteiger partial charge in [-0.25, -0.2) is 8.42 Å². The second-order valence-corrected chi connectivity index (χ2v) is 8.30. The van der Waals surface area contributed by atoms with Crippen molar-refractivity contribution in [2.24, 2.45) is 0 Å². The zero-order valence-electron chi connectivity index (χ0n) is 14.7. The van der Waals surface area contributed by atoms with Crippen LogP contribution in [0.25, 0.3) is 11.4 Å². The number of benzene rings is 2. The molecule has 0 saturated carbocycles. The Morgan fingerprint density at radius 2 is 1.68 bits per heavy atom. The van der Waals surface area contributed by atoms with E-state index in [1.165, 1.54) is 0 Å². The normalized spacial score (nSPS) is 11.7. The quantitative estimate of drug-likeness (QED) is 0.708. The van der Waals surface area contributed by atoms with E-state index in [0.717, 1.165) is 27.8 Å². The van der Waals surface area contributed by atoms with Crippen molar-refractivity contribution < 1.29 is 12.9 Å². The van der Waals surface area contributed by atoms with Crippen LogP contribution in [0.15, 0.2) is 45.8 Å². The lowest BCUT2D eigenvalue weighted by Crippen LogP contribution is -2.08. The summed E-state index contributed by atoms with van der Waals surface area (Å²) in [5.41, 5.74) is 4.60. The summed E-state index contributed by atoms with van der Waals surface area (Å²) < 4.78 is 30.7. The highest BCUT2D eigenvalue weighted by molar-refractivity contribution is 7.90. The minimum atomic E-state index is -3.56. The fourth-order valence-electron chi connectivity index (χ4n) is 2.72. The highest BCUT2D eigenvalue weighted by Crippen LogP contribution is 2.24. The van der Waals surface area contributed by atoms with Crippen LogP contribution in [0.3, 0.4) is 0 Å². The highest BCUT2D eigenvalue weighted by Gasteiger charge is 2.22. The van der Waals surface area contributed by atoms with E-state index in [9.17, 15) is 8.42 Å². The van der Waals surface area contributed by atoms with Crippen molar-refractivity contribution in [1.82, 2.24) is 10.1 Å². The molecule has 0 saturated heterocycles. The van der Waals surface area contributed by atoms with Gasteiger partial charge in [0, 0.05) is 5.56 Å². The molecule has 0 aliphatic carbocycles.